The van der Waals surface area contributed by atoms with Crippen LogP contribution in [0.2, 0.25) is 0 Å². The molecule has 1 heterocycles. The fourth-order valence-electron chi connectivity index (χ4n) is 6.54. The van der Waals surface area contributed by atoms with Crippen molar-refractivity contribution >= 4 is 5.97 Å². The SMILES string of the molecule is CCOC(=O)[C@H]1C[C@@]2(O)[C@H]3Cc4ccc(OC)cc4[C@@]2(CCN3CC2CC2)C[C@H]1O. The minimum absolute atomic E-state index is 0.0443. The van der Waals surface area contributed by atoms with Crippen LogP contribution in [0.5, 0.6) is 5.75 Å². The number of esters is 1. The first-order valence-corrected chi connectivity index (χ1v) is 11.4. The smallest absolute Gasteiger partial charge is 0.311 e. The fraction of sp³-hybridized carbons (Fsp3) is 0.708. The minimum atomic E-state index is -1.07. The van der Waals surface area contributed by atoms with E-state index in [0.29, 0.717) is 6.42 Å². The Morgan fingerprint density at radius 3 is 2.80 bits per heavy atom. The maximum absolute atomic E-state index is 12.6. The second kappa shape index (κ2) is 7.21. The summed E-state index contributed by atoms with van der Waals surface area (Å²) in [5.74, 6) is 0.426. The van der Waals surface area contributed by atoms with Crippen molar-refractivity contribution in [1.82, 2.24) is 4.90 Å². The van der Waals surface area contributed by atoms with Gasteiger partial charge in [-0.2, -0.15) is 0 Å². The lowest BCUT2D eigenvalue weighted by Gasteiger charge is -2.65. The summed E-state index contributed by atoms with van der Waals surface area (Å²) in [4.78, 5) is 15.1. The molecule has 0 radical (unpaired) electrons. The van der Waals surface area contributed by atoms with Crippen LogP contribution in [0.1, 0.15) is 50.2 Å². The van der Waals surface area contributed by atoms with Crippen LogP contribution in [0.4, 0.5) is 0 Å². The summed E-state index contributed by atoms with van der Waals surface area (Å²) < 4.78 is 10.8. The molecule has 0 unspecified atom stereocenters. The molecule has 6 nitrogen and oxygen atoms in total. The number of methoxy groups -OCH3 is 1. The molecule has 5 rings (SSSR count). The van der Waals surface area contributed by atoms with Gasteiger partial charge in [0.25, 0.3) is 0 Å². The molecule has 0 spiro atoms. The van der Waals surface area contributed by atoms with Crippen molar-refractivity contribution in [3.8, 4) is 5.75 Å². The van der Waals surface area contributed by atoms with E-state index in [0.717, 1.165) is 43.2 Å². The zero-order chi connectivity index (χ0) is 21.1. The van der Waals surface area contributed by atoms with E-state index in [1.54, 1.807) is 14.0 Å². The number of hydrogen-bond acceptors (Lipinski definition) is 6. The van der Waals surface area contributed by atoms with Crippen molar-refractivity contribution in [3.63, 3.8) is 0 Å². The maximum atomic E-state index is 12.6. The van der Waals surface area contributed by atoms with Crippen molar-refractivity contribution in [3.05, 3.63) is 29.3 Å². The highest BCUT2D eigenvalue weighted by atomic mass is 16.5. The molecule has 2 N–H and O–H groups in total. The summed E-state index contributed by atoms with van der Waals surface area (Å²) >= 11 is 0. The Labute approximate surface area is 178 Å². The van der Waals surface area contributed by atoms with Crippen LogP contribution < -0.4 is 4.74 Å². The van der Waals surface area contributed by atoms with Crippen LogP contribution in [-0.2, 0) is 21.4 Å². The molecule has 1 aromatic carbocycles. The van der Waals surface area contributed by atoms with Gasteiger partial charge in [-0.15, -0.1) is 0 Å². The average molecular weight is 416 g/mol. The Bertz CT molecular complexity index is 839. The van der Waals surface area contributed by atoms with Crippen LogP contribution in [0, 0.1) is 11.8 Å². The van der Waals surface area contributed by atoms with Gasteiger partial charge in [-0.05, 0) is 81.2 Å². The Kier molecular flexibility index (Phi) is 4.88. The molecule has 164 valence electrons. The van der Waals surface area contributed by atoms with Crippen LogP contribution >= 0.6 is 0 Å². The Morgan fingerprint density at radius 2 is 2.10 bits per heavy atom. The van der Waals surface area contributed by atoms with Gasteiger partial charge in [0.1, 0.15) is 5.75 Å². The third-order valence-electron chi connectivity index (χ3n) is 8.22. The number of carbonyl (C=O) groups excluding carboxylic acids is 1. The molecule has 5 atom stereocenters. The van der Waals surface area contributed by atoms with Gasteiger partial charge in [0.2, 0.25) is 0 Å². The van der Waals surface area contributed by atoms with Crippen molar-refractivity contribution in [2.75, 3.05) is 26.8 Å². The van der Waals surface area contributed by atoms with E-state index < -0.39 is 29.0 Å². The van der Waals surface area contributed by atoms with Gasteiger partial charge < -0.3 is 19.7 Å². The van der Waals surface area contributed by atoms with Crippen molar-refractivity contribution in [2.45, 2.75) is 68.6 Å². The van der Waals surface area contributed by atoms with Gasteiger partial charge in [0, 0.05) is 18.0 Å². The number of likely N-dealkylation sites (tertiary alicyclic amines) is 1. The predicted octanol–water partition coefficient (Wildman–Crippen LogP) is 2.04. The predicted molar refractivity (Wildman–Crippen MR) is 111 cm³/mol. The summed E-state index contributed by atoms with van der Waals surface area (Å²) in [6, 6.07) is 6.11. The van der Waals surface area contributed by atoms with Crippen molar-refractivity contribution in [2.24, 2.45) is 11.8 Å². The van der Waals surface area contributed by atoms with Gasteiger partial charge in [0.05, 0.1) is 31.3 Å². The minimum Gasteiger partial charge on any atom is -0.497 e. The zero-order valence-corrected chi connectivity index (χ0v) is 18.0. The molecular weight excluding hydrogens is 382 g/mol. The highest BCUT2D eigenvalue weighted by molar-refractivity contribution is 5.74. The summed E-state index contributed by atoms with van der Waals surface area (Å²) in [5, 5.41) is 23.4. The highest BCUT2D eigenvalue weighted by Gasteiger charge is 2.67. The normalized spacial score (nSPS) is 37.8. The second-order valence-electron chi connectivity index (χ2n) is 9.77. The van der Waals surface area contributed by atoms with Crippen LogP contribution in [-0.4, -0.2) is 65.6 Å². The summed E-state index contributed by atoms with van der Waals surface area (Å²) in [7, 11) is 1.65. The van der Waals surface area contributed by atoms with E-state index in [1.165, 1.54) is 18.4 Å². The zero-order valence-electron chi connectivity index (χ0n) is 18.0. The number of nitrogens with zero attached hydrogens (tertiary/aromatic N) is 1. The lowest BCUT2D eigenvalue weighted by Crippen LogP contribution is -2.75. The fourth-order valence-corrected chi connectivity index (χ4v) is 6.54. The summed E-state index contributed by atoms with van der Waals surface area (Å²) in [5.41, 5.74) is 0.680. The second-order valence-corrected chi connectivity index (χ2v) is 9.77. The number of aliphatic hydroxyl groups is 2. The number of aliphatic hydroxyl groups excluding tert-OH is 1. The monoisotopic (exact) mass is 415 g/mol. The molecule has 30 heavy (non-hydrogen) atoms. The molecule has 3 aliphatic carbocycles. The first-order chi connectivity index (χ1) is 14.4. The average Bonchev–Trinajstić information content (AvgIpc) is 3.54. The Balaban J connectivity index is 1.60. The van der Waals surface area contributed by atoms with E-state index in [-0.39, 0.29) is 19.1 Å². The summed E-state index contributed by atoms with van der Waals surface area (Å²) in [6.45, 7) is 3.99. The molecule has 1 aliphatic heterocycles. The third kappa shape index (κ3) is 2.91. The standard InChI is InChI=1S/C24H33NO5/c1-3-30-22(27)18-12-24(28)21-10-16-6-7-17(29-2)11-19(16)23(24,13-20(18)26)8-9-25(21)14-15-4-5-15/h6-7,11,15,18,20-21,26,28H,3-5,8-10,12-14H2,1-2H3/t18-,20+,21+,23+,24+/m0/s1. The van der Waals surface area contributed by atoms with E-state index in [1.807, 2.05) is 12.1 Å². The molecule has 1 saturated heterocycles. The molecule has 1 aromatic rings. The number of rotatable bonds is 5. The van der Waals surface area contributed by atoms with Gasteiger partial charge in [-0.3, -0.25) is 9.69 Å². The van der Waals surface area contributed by atoms with Crippen molar-refractivity contribution in [1.29, 1.82) is 0 Å². The highest BCUT2D eigenvalue weighted by Crippen LogP contribution is 2.60. The Hall–Kier alpha value is -1.63. The first kappa shape index (κ1) is 20.3. The molecule has 0 aromatic heterocycles. The quantitative estimate of drug-likeness (QED) is 0.717. The van der Waals surface area contributed by atoms with Gasteiger partial charge in [-0.1, -0.05) is 6.07 Å². The van der Waals surface area contributed by atoms with Crippen molar-refractivity contribution < 1.29 is 24.5 Å². The molecular formula is C24H33NO5. The van der Waals surface area contributed by atoms with Crippen LogP contribution in [0.3, 0.4) is 0 Å². The number of benzene rings is 1. The molecule has 6 heteroatoms. The third-order valence-corrected chi connectivity index (χ3v) is 8.22. The summed E-state index contributed by atoms with van der Waals surface area (Å²) in [6.07, 6.45) is 3.87. The van der Waals surface area contributed by atoms with Crippen LogP contribution in [0.15, 0.2) is 18.2 Å². The molecule has 2 saturated carbocycles. The van der Waals surface area contributed by atoms with E-state index >= 15 is 0 Å². The lowest BCUT2D eigenvalue weighted by molar-refractivity contribution is -0.205. The van der Waals surface area contributed by atoms with Crippen LogP contribution in [0.25, 0.3) is 0 Å². The number of piperidine rings is 1. The topological polar surface area (TPSA) is 79.2 Å². The number of hydrogen-bond donors (Lipinski definition) is 2. The Morgan fingerprint density at radius 1 is 1.30 bits per heavy atom. The number of ether oxygens (including phenoxy) is 2. The van der Waals surface area contributed by atoms with E-state index in [2.05, 4.69) is 11.0 Å². The molecule has 2 bridgehead atoms. The van der Waals surface area contributed by atoms with E-state index in [9.17, 15) is 15.0 Å². The van der Waals surface area contributed by atoms with E-state index in [4.69, 9.17) is 9.47 Å². The number of fused-ring (bicyclic) bond motifs is 1. The van der Waals surface area contributed by atoms with Gasteiger partial charge in [-0.25, -0.2) is 0 Å². The van der Waals surface area contributed by atoms with Gasteiger partial charge in [0.15, 0.2) is 0 Å². The largest absolute Gasteiger partial charge is 0.497 e. The molecule has 0 amide bonds. The molecule has 4 aliphatic rings. The lowest BCUT2D eigenvalue weighted by atomic mass is 9.47. The molecule has 3 fully saturated rings. The maximum Gasteiger partial charge on any atom is 0.311 e. The van der Waals surface area contributed by atoms with Gasteiger partial charge >= 0.3 is 5.97 Å². The number of carbonyl (C=O) groups is 1. The first-order valence-electron chi connectivity index (χ1n) is 11.4.